The van der Waals surface area contributed by atoms with Crippen LogP contribution < -0.4 is 0 Å². The van der Waals surface area contributed by atoms with Gasteiger partial charge >= 0.3 is 0 Å². The molecule has 0 unspecified atom stereocenters. The number of benzene rings is 1. The Bertz CT molecular complexity index is 296. The van der Waals surface area contributed by atoms with Crippen molar-refractivity contribution >= 4 is 0 Å². The number of aromatic hydroxyl groups is 1. The second-order valence-corrected chi connectivity index (χ2v) is 3.90. The summed E-state index contributed by atoms with van der Waals surface area (Å²) in [5, 5.41) is 9.65. The normalized spacial score (nSPS) is 11.7. The van der Waals surface area contributed by atoms with Crippen molar-refractivity contribution in [1.82, 2.24) is 0 Å². The van der Waals surface area contributed by atoms with Crippen LogP contribution in [0.3, 0.4) is 0 Å². The van der Waals surface area contributed by atoms with E-state index in [-0.39, 0.29) is 17.0 Å². The van der Waals surface area contributed by atoms with Crippen LogP contribution in [0.1, 0.15) is 39.2 Å². The summed E-state index contributed by atoms with van der Waals surface area (Å²) < 4.78 is 13.6. The molecule has 0 aliphatic carbocycles. The van der Waals surface area contributed by atoms with E-state index in [2.05, 4.69) is 0 Å². The first kappa shape index (κ1) is 11.0. The van der Waals surface area contributed by atoms with Gasteiger partial charge in [0.2, 0.25) is 0 Å². The number of phenolic OH excluding ortho intramolecular Hbond substituents is 1. The smallest absolute Gasteiger partial charge is 0.130 e. The Morgan fingerprint density at radius 3 is 2.29 bits per heavy atom. The van der Waals surface area contributed by atoms with Crippen LogP contribution in [0, 0.1) is 5.82 Å². The molecule has 78 valence electrons. The van der Waals surface area contributed by atoms with E-state index in [0.717, 1.165) is 12.8 Å². The fourth-order valence-corrected chi connectivity index (χ4v) is 1.71. The third-order valence-corrected chi connectivity index (χ3v) is 3.16. The molecule has 0 aliphatic heterocycles. The van der Waals surface area contributed by atoms with Gasteiger partial charge in [-0.15, -0.1) is 0 Å². The molecule has 1 N–H and O–H groups in total. The summed E-state index contributed by atoms with van der Waals surface area (Å²) in [7, 11) is 0. The van der Waals surface area contributed by atoms with E-state index in [1.165, 1.54) is 12.1 Å². The van der Waals surface area contributed by atoms with Crippen molar-refractivity contribution in [3.05, 3.63) is 29.6 Å². The van der Waals surface area contributed by atoms with E-state index >= 15 is 0 Å². The molecule has 0 atom stereocenters. The molecule has 0 bridgehead atoms. The van der Waals surface area contributed by atoms with E-state index < -0.39 is 0 Å². The van der Waals surface area contributed by atoms with Gasteiger partial charge < -0.3 is 5.11 Å². The Balaban J connectivity index is 3.29. The summed E-state index contributed by atoms with van der Waals surface area (Å²) in [6, 6.07) is 4.47. The molecule has 0 fully saturated rings. The first-order chi connectivity index (χ1) is 6.55. The first-order valence-corrected chi connectivity index (χ1v) is 5.03. The van der Waals surface area contributed by atoms with E-state index in [4.69, 9.17) is 0 Å². The van der Waals surface area contributed by atoms with Crippen molar-refractivity contribution in [3.8, 4) is 5.75 Å². The molecule has 14 heavy (non-hydrogen) atoms. The number of phenols is 1. The molecule has 0 spiro atoms. The summed E-state index contributed by atoms with van der Waals surface area (Å²) in [5.74, 6) is -0.243. The zero-order valence-corrected chi connectivity index (χ0v) is 8.97. The second-order valence-electron chi connectivity index (χ2n) is 3.90. The van der Waals surface area contributed by atoms with Crippen LogP contribution in [0.25, 0.3) is 0 Å². The minimum Gasteiger partial charge on any atom is -0.508 e. The SMILES string of the molecule is CCC(C)(CC)c1c(O)cccc1F. The minimum absolute atomic E-state index is 0.0659. The van der Waals surface area contributed by atoms with Gasteiger partial charge in [-0.05, 0) is 30.4 Å². The fraction of sp³-hybridized carbons (Fsp3) is 0.500. The van der Waals surface area contributed by atoms with Crippen molar-refractivity contribution in [1.29, 1.82) is 0 Å². The van der Waals surface area contributed by atoms with Gasteiger partial charge in [0.05, 0.1) is 0 Å². The quantitative estimate of drug-likeness (QED) is 0.783. The second kappa shape index (κ2) is 3.99. The maximum Gasteiger partial charge on any atom is 0.130 e. The van der Waals surface area contributed by atoms with Crippen molar-refractivity contribution in [2.75, 3.05) is 0 Å². The predicted octanol–water partition coefficient (Wildman–Crippen LogP) is 3.61. The molecule has 0 amide bonds. The van der Waals surface area contributed by atoms with E-state index in [1.807, 2.05) is 20.8 Å². The molecule has 0 aromatic heterocycles. The summed E-state index contributed by atoms with van der Waals surface area (Å²) in [6.07, 6.45) is 1.63. The molecule has 1 rings (SSSR count). The molecule has 1 aromatic rings. The Morgan fingerprint density at radius 1 is 1.29 bits per heavy atom. The highest BCUT2D eigenvalue weighted by atomic mass is 19.1. The van der Waals surface area contributed by atoms with Gasteiger partial charge in [-0.2, -0.15) is 0 Å². The van der Waals surface area contributed by atoms with Crippen LogP contribution in [0.2, 0.25) is 0 Å². The molecule has 0 saturated heterocycles. The Kier molecular flexibility index (Phi) is 3.14. The molecule has 1 aromatic carbocycles. The fourth-order valence-electron chi connectivity index (χ4n) is 1.71. The highest BCUT2D eigenvalue weighted by Crippen LogP contribution is 2.38. The molecular weight excluding hydrogens is 179 g/mol. The van der Waals surface area contributed by atoms with Crippen molar-refractivity contribution in [2.24, 2.45) is 0 Å². The first-order valence-electron chi connectivity index (χ1n) is 5.03. The van der Waals surface area contributed by atoms with Crippen LogP contribution >= 0.6 is 0 Å². The number of rotatable bonds is 3. The van der Waals surface area contributed by atoms with Crippen molar-refractivity contribution in [2.45, 2.75) is 39.0 Å². The summed E-state index contributed by atoms with van der Waals surface area (Å²) in [4.78, 5) is 0. The van der Waals surface area contributed by atoms with Gasteiger partial charge in [-0.1, -0.05) is 26.8 Å². The zero-order chi connectivity index (χ0) is 10.8. The van der Waals surface area contributed by atoms with Crippen molar-refractivity contribution in [3.63, 3.8) is 0 Å². The molecule has 0 heterocycles. The predicted molar refractivity (Wildman–Crippen MR) is 56.0 cm³/mol. The summed E-state index contributed by atoms with van der Waals surface area (Å²) in [6.45, 7) is 6.00. The lowest BCUT2D eigenvalue weighted by molar-refractivity contribution is 0.378. The number of halogens is 1. The molecule has 2 heteroatoms. The molecule has 1 nitrogen and oxygen atoms in total. The topological polar surface area (TPSA) is 20.2 Å². The Morgan fingerprint density at radius 2 is 1.86 bits per heavy atom. The lowest BCUT2D eigenvalue weighted by Crippen LogP contribution is -2.21. The highest BCUT2D eigenvalue weighted by molar-refractivity contribution is 5.39. The van der Waals surface area contributed by atoms with Gasteiger partial charge in [0, 0.05) is 5.56 Å². The number of hydrogen-bond donors (Lipinski definition) is 1. The van der Waals surface area contributed by atoms with E-state index in [1.54, 1.807) is 6.07 Å². The lowest BCUT2D eigenvalue weighted by atomic mass is 9.77. The van der Waals surface area contributed by atoms with Crippen LogP contribution in [0.15, 0.2) is 18.2 Å². The van der Waals surface area contributed by atoms with Gasteiger partial charge in [-0.3, -0.25) is 0 Å². The lowest BCUT2D eigenvalue weighted by Gasteiger charge is -2.28. The van der Waals surface area contributed by atoms with E-state index in [9.17, 15) is 9.50 Å². The molecule has 0 radical (unpaired) electrons. The average molecular weight is 196 g/mol. The van der Waals surface area contributed by atoms with Gasteiger partial charge in [0.1, 0.15) is 11.6 Å². The zero-order valence-electron chi connectivity index (χ0n) is 8.97. The van der Waals surface area contributed by atoms with Crippen molar-refractivity contribution < 1.29 is 9.50 Å². The maximum absolute atomic E-state index is 13.6. The Labute approximate surface area is 84.6 Å². The minimum atomic E-state index is -0.309. The van der Waals surface area contributed by atoms with Crippen LogP contribution in [0.4, 0.5) is 4.39 Å². The van der Waals surface area contributed by atoms with Crippen LogP contribution in [-0.4, -0.2) is 5.11 Å². The van der Waals surface area contributed by atoms with Gasteiger partial charge in [-0.25, -0.2) is 4.39 Å². The average Bonchev–Trinajstić information content (AvgIpc) is 2.17. The maximum atomic E-state index is 13.6. The third kappa shape index (κ3) is 1.74. The largest absolute Gasteiger partial charge is 0.508 e. The number of hydrogen-bond acceptors (Lipinski definition) is 1. The van der Waals surface area contributed by atoms with E-state index in [0.29, 0.717) is 5.56 Å². The Hall–Kier alpha value is -1.05. The molecule has 0 aliphatic rings. The summed E-state index contributed by atoms with van der Waals surface area (Å²) in [5.41, 5.74) is 0.181. The third-order valence-electron chi connectivity index (χ3n) is 3.16. The monoisotopic (exact) mass is 196 g/mol. The summed E-state index contributed by atoms with van der Waals surface area (Å²) >= 11 is 0. The van der Waals surface area contributed by atoms with Crippen LogP contribution in [-0.2, 0) is 5.41 Å². The van der Waals surface area contributed by atoms with Gasteiger partial charge in [0.15, 0.2) is 0 Å². The standard InChI is InChI=1S/C12H17FO/c1-4-12(3,5-2)11-9(13)7-6-8-10(11)14/h6-8,14H,4-5H2,1-3H3. The van der Waals surface area contributed by atoms with Crippen LogP contribution in [0.5, 0.6) is 5.75 Å². The highest BCUT2D eigenvalue weighted by Gasteiger charge is 2.28. The van der Waals surface area contributed by atoms with Gasteiger partial charge in [0.25, 0.3) is 0 Å². The molecular formula is C12H17FO. The molecule has 0 saturated carbocycles.